The van der Waals surface area contributed by atoms with Crippen LogP contribution in [0.2, 0.25) is 0 Å². The van der Waals surface area contributed by atoms with E-state index in [9.17, 15) is 4.79 Å². The normalized spacial score (nSPS) is 16.3. The number of nitrogens with one attached hydrogen (secondary N) is 1. The van der Waals surface area contributed by atoms with Crippen molar-refractivity contribution in [2.45, 2.75) is 25.8 Å². The minimum Gasteiger partial charge on any atom is -0.497 e. The number of rotatable bonds is 10. The summed E-state index contributed by atoms with van der Waals surface area (Å²) in [5, 5.41) is 3.11. The van der Waals surface area contributed by atoms with Crippen LogP contribution in [0.5, 0.6) is 23.0 Å². The van der Waals surface area contributed by atoms with E-state index in [1.807, 2.05) is 36.4 Å². The van der Waals surface area contributed by atoms with Crippen LogP contribution in [0.15, 0.2) is 36.4 Å². The monoisotopic (exact) mass is 442 g/mol. The molecule has 1 unspecified atom stereocenters. The van der Waals surface area contributed by atoms with E-state index in [0.717, 1.165) is 73.0 Å². The molecule has 174 valence electrons. The molecule has 1 heterocycles. The molecule has 0 aliphatic carbocycles. The van der Waals surface area contributed by atoms with Gasteiger partial charge >= 0.3 is 0 Å². The zero-order chi connectivity index (χ0) is 22.9. The minimum absolute atomic E-state index is 0.00346. The average molecular weight is 443 g/mol. The number of amides is 1. The quantitative estimate of drug-likeness (QED) is 0.609. The Morgan fingerprint density at radius 2 is 1.66 bits per heavy atom. The molecule has 0 aromatic heterocycles. The highest BCUT2D eigenvalue weighted by Crippen LogP contribution is 2.29. The van der Waals surface area contributed by atoms with Crippen LogP contribution in [0.4, 0.5) is 0 Å². The summed E-state index contributed by atoms with van der Waals surface area (Å²) >= 11 is 0. The van der Waals surface area contributed by atoms with Crippen LogP contribution < -0.4 is 24.3 Å². The number of carbonyl (C=O) groups excluding carboxylic acids is 1. The van der Waals surface area contributed by atoms with Crippen LogP contribution in [-0.2, 0) is 17.8 Å². The molecule has 1 N–H and O–H groups in total. The standard InChI is InChI=1S/C25H34N2O5/c1-29-21-12-18(13-22(15-21)30-2)9-10-26-25(28)20-6-5-11-27(17-20)16-19-7-8-23(31-3)24(14-19)32-4/h7-8,12-15,20H,5-6,9-11,16-17H2,1-4H3,(H,26,28). The van der Waals surface area contributed by atoms with Gasteiger partial charge in [0, 0.05) is 25.7 Å². The Bertz CT molecular complexity index is 880. The molecule has 2 aromatic carbocycles. The summed E-state index contributed by atoms with van der Waals surface area (Å²) in [5.74, 6) is 3.08. The molecule has 1 aliphatic heterocycles. The first-order valence-electron chi connectivity index (χ1n) is 11.0. The predicted molar refractivity (Wildman–Crippen MR) is 124 cm³/mol. The number of hydrogen-bond donors (Lipinski definition) is 1. The van der Waals surface area contributed by atoms with Crippen molar-refractivity contribution in [2.24, 2.45) is 5.92 Å². The molecule has 0 radical (unpaired) electrons. The summed E-state index contributed by atoms with van der Waals surface area (Å²) in [7, 11) is 6.55. The fourth-order valence-electron chi connectivity index (χ4n) is 4.14. The van der Waals surface area contributed by atoms with E-state index in [4.69, 9.17) is 18.9 Å². The van der Waals surface area contributed by atoms with E-state index >= 15 is 0 Å². The van der Waals surface area contributed by atoms with Gasteiger partial charge in [-0.2, -0.15) is 0 Å². The van der Waals surface area contributed by atoms with Crippen molar-refractivity contribution in [1.82, 2.24) is 10.2 Å². The van der Waals surface area contributed by atoms with Crippen LogP contribution in [-0.4, -0.2) is 58.9 Å². The highest BCUT2D eigenvalue weighted by atomic mass is 16.5. The molecule has 0 bridgehead atoms. The maximum absolute atomic E-state index is 12.8. The zero-order valence-corrected chi connectivity index (χ0v) is 19.5. The molecular weight excluding hydrogens is 408 g/mol. The van der Waals surface area contributed by atoms with Gasteiger partial charge in [-0.25, -0.2) is 0 Å². The van der Waals surface area contributed by atoms with E-state index in [1.165, 1.54) is 0 Å². The fraction of sp³-hybridized carbons (Fsp3) is 0.480. The Labute approximate surface area is 190 Å². The van der Waals surface area contributed by atoms with Gasteiger partial charge in [0.25, 0.3) is 0 Å². The smallest absolute Gasteiger partial charge is 0.224 e. The van der Waals surface area contributed by atoms with Gasteiger partial charge in [-0.1, -0.05) is 6.07 Å². The van der Waals surface area contributed by atoms with E-state index in [-0.39, 0.29) is 11.8 Å². The van der Waals surface area contributed by atoms with Crippen LogP contribution in [0, 0.1) is 5.92 Å². The Kier molecular flexibility index (Phi) is 8.62. The molecule has 0 spiro atoms. The molecule has 7 heteroatoms. The van der Waals surface area contributed by atoms with Crippen molar-refractivity contribution in [1.29, 1.82) is 0 Å². The lowest BCUT2D eigenvalue weighted by atomic mass is 9.96. The highest BCUT2D eigenvalue weighted by Gasteiger charge is 2.25. The molecule has 7 nitrogen and oxygen atoms in total. The number of benzene rings is 2. The maximum atomic E-state index is 12.8. The lowest BCUT2D eigenvalue weighted by molar-refractivity contribution is -0.126. The molecule has 1 fully saturated rings. The predicted octanol–water partition coefficient (Wildman–Crippen LogP) is 3.29. The van der Waals surface area contributed by atoms with Gasteiger partial charge in [-0.3, -0.25) is 9.69 Å². The molecule has 3 rings (SSSR count). The third-order valence-corrected chi connectivity index (χ3v) is 5.85. The molecular formula is C25H34N2O5. The second kappa shape index (κ2) is 11.6. The topological polar surface area (TPSA) is 69.3 Å². The largest absolute Gasteiger partial charge is 0.497 e. The summed E-state index contributed by atoms with van der Waals surface area (Å²) in [6.07, 6.45) is 2.65. The minimum atomic E-state index is 0.00346. The first-order chi connectivity index (χ1) is 15.6. The van der Waals surface area contributed by atoms with Crippen LogP contribution in [0.25, 0.3) is 0 Å². The summed E-state index contributed by atoms with van der Waals surface area (Å²) in [6.45, 7) is 3.12. The zero-order valence-electron chi connectivity index (χ0n) is 19.5. The van der Waals surface area contributed by atoms with Crippen molar-refractivity contribution in [3.05, 3.63) is 47.5 Å². The number of hydrogen-bond acceptors (Lipinski definition) is 6. The summed E-state index contributed by atoms with van der Waals surface area (Å²) in [4.78, 5) is 15.1. The lowest BCUT2D eigenvalue weighted by Crippen LogP contribution is -2.43. The number of piperidine rings is 1. The Morgan fingerprint density at radius 3 is 2.31 bits per heavy atom. The van der Waals surface area contributed by atoms with E-state index in [0.29, 0.717) is 6.54 Å². The van der Waals surface area contributed by atoms with Gasteiger partial charge in [-0.05, 0) is 61.2 Å². The van der Waals surface area contributed by atoms with Crippen molar-refractivity contribution in [2.75, 3.05) is 48.1 Å². The first-order valence-corrected chi connectivity index (χ1v) is 11.0. The Morgan fingerprint density at radius 1 is 0.938 bits per heavy atom. The molecule has 1 amide bonds. The second-order valence-electron chi connectivity index (χ2n) is 8.03. The molecule has 1 atom stereocenters. The van der Waals surface area contributed by atoms with Gasteiger partial charge in [0.1, 0.15) is 11.5 Å². The van der Waals surface area contributed by atoms with E-state index in [1.54, 1.807) is 28.4 Å². The van der Waals surface area contributed by atoms with Gasteiger partial charge in [-0.15, -0.1) is 0 Å². The van der Waals surface area contributed by atoms with Crippen LogP contribution in [0.1, 0.15) is 24.0 Å². The van der Waals surface area contributed by atoms with Gasteiger partial charge in [0.15, 0.2) is 11.5 Å². The van der Waals surface area contributed by atoms with Crippen molar-refractivity contribution < 1.29 is 23.7 Å². The number of ether oxygens (including phenoxy) is 4. The third kappa shape index (κ3) is 6.29. The Balaban J connectivity index is 1.51. The van der Waals surface area contributed by atoms with Gasteiger partial charge < -0.3 is 24.3 Å². The van der Waals surface area contributed by atoms with E-state index < -0.39 is 0 Å². The lowest BCUT2D eigenvalue weighted by Gasteiger charge is -2.32. The first kappa shape index (κ1) is 23.7. The number of nitrogens with zero attached hydrogens (tertiary/aromatic N) is 1. The van der Waals surface area contributed by atoms with Crippen molar-refractivity contribution >= 4 is 5.91 Å². The van der Waals surface area contributed by atoms with Crippen LogP contribution >= 0.6 is 0 Å². The molecule has 2 aromatic rings. The van der Waals surface area contributed by atoms with Crippen molar-refractivity contribution in [3.8, 4) is 23.0 Å². The second-order valence-corrected chi connectivity index (χ2v) is 8.03. The van der Waals surface area contributed by atoms with Gasteiger partial charge in [0.05, 0.1) is 34.4 Å². The SMILES string of the molecule is COc1cc(CCNC(=O)C2CCCN(Cc3ccc(OC)c(OC)c3)C2)cc(OC)c1. The molecule has 1 aliphatic rings. The Hall–Kier alpha value is -2.93. The third-order valence-electron chi connectivity index (χ3n) is 5.85. The maximum Gasteiger partial charge on any atom is 0.224 e. The average Bonchev–Trinajstić information content (AvgIpc) is 2.83. The fourth-order valence-corrected chi connectivity index (χ4v) is 4.14. The molecule has 0 saturated carbocycles. The van der Waals surface area contributed by atoms with Gasteiger partial charge in [0.2, 0.25) is 5.91 Å². The number of likely N-dealkylation sites (tertiary alicyclic amines) is 1. The van der Waals surface area contributed by atoms with Crippen molar-refractivity contribution in [3.63, 3.8) is 0 Å². The summed E-state index contributed by atoms with van der Waals surface area (Å²) < 4.78 is 21.4. The molecule has 1 saturated heterocycles. The highest BCUT2D eigenvalue weighted by molar-refractivity contribution is 5.79. The van der Waals surface area contributed by atoms with Crippen LogP contribution in [0.3, 0.4) is 0 Å². The summed E-state index contributed by atoms with van der Waals surface area (Å²) in [5.41, 5.74) is 2.22. The number of carbonyl (C=O) groups is 1. The molecule has 32 heavy (non-hydrogen) atoms. The summed E-state index contributed by atoms with van der Waals surface area (Å²) in [6, 6.07) is 11.8. The van der Waals surface area contributed by atoms with E-state index in [2.05, 4.69) is 10.2 Å². The number of methoxy groups -OCH3 is 4.